The second-order valence-electron chi connectivity index (χ2n) is 7.98. The highest BCUT2D eigenvalue weighted by molar-refractivity contribution is 6.30. The number of nitrogens with one attached hydrogen (secondary N) is 1. The zero-order valence-electron chi connectivity index (χ0n) is 17.6. The lowest BCUT2D eigenvalue weighted by atomic mass is 10.2. The van der Waals surface area contributed by atoms with Crippen LogP contribution in [-0.4, -0.2) is 21.5 Å². The van der Waals surface area contributed by atoms with Crippen molar-refractivity contribution in [3.05, 3.63) is 76.4 Å². The van der Waals surface area contributed by atoms with E-state index in [0.717, 1.165) is 22.6 Å². The lowest BCUT2D eigenvalue weighted by Gasteiger charge is -2.19. The van der Waals surface area contributed by atoms with E-state index >= 15 is 0 Å². The van der Waals surface area contributed by atoms with Crippen LogP contribution >= 0.6 is 11.6 Å². The van der Waals surface area contributed by atoms with Crippen LogP contribution in [0.25, 0.3) is 0 Å². The van der Waals surface area contributed by atoms with Gasteiger partial charge in [-0.3, -0.25) is 10.00 Å². The molecule has 0 aliphatic rings. The Kier molecular flexibility index (Phi) is 6.67. The first-order chi connectivity index (χ1) is 14.2. The standard InChI is InChI=1S/C23H26ClN3O3/c1-16-12-21(25-22(28)30-23(2,3)4)26-27(16)14-18-13-19(24)10-11-20(18)29-15-17-8-6-5-7-9-17/h5-13H,14-15H2,1-4H3,(H,25,26,28). The molecule has 1 heterocycles. The Hall–Kier alpha value is -2.99. The molecule has 1 amide bonds. The van der Waals surface area contributed by atoms with Crippen molar-refractivity contribution in [1.82, 2.24) is 9.78 Å². The van der Waals surface area contributed by atoms with E-state index in [2.05, 4.69) is 10.4 Å². The van der Waals surface area contributed by atoms with Gasteiger partial charge in [0.05, 0.1) is 6.54 Å². The molecule has 0 atom stereocenters. The van der Waals surface area contributed by atoms with Gasteiger partial charge in [-0.2, -0.15) is 5.10 Å². The van der Waals surface area contributed by atoms with Crippen molar-refractivity contribution in [2.75, 3.05) is 5.32 Å². The summed E-state index contributed by atoms with van der Waals surface area (Å²) in [5.41, 5.74) is 2.29. The average Bonchev–Trinajstić information content (AvgIpc) is 2.99. The molecule has 0 saturated carbocycles. The zero-order chi connectivity index (χ0) is 21.7. The third kappa shape index (κ3) is 6.26. The first kappa shape index (κ1) is 21.7. The number of rotatable bonds is 6. The van der Waals surface area contributed by atoms with Gasteiger partial charge in [0.1, 0.15) is 18.0 Å². The molecule has 0 aliphatic heterocycles. The highest BCUT2D eigenvalue weighted by Gasteiger charge is 2.18. The smallest absolute Gasteiger partial charge is 0.413 e. The third-order valence-corrected chi connectivity index (χ3v) is 4.43. The van der Waals surface area contributed by atoms with E-state index in [1.165, 1.54) is 0 Å². The number of hydrogen-bond acceptors (Lipinski definition) is 4. The van der Waals surface area contributed by atoms with Crippen molar-refractivity contribution >= 4 is 23.5 Å². The Morgan fingerprint density at radius 1 is 1.13 bits per heavy atom. The quantitative estimate of drug-likeness (QED) is 0.538. The van der Waals surface area contributed by atoms with Gasteiger partial charge in [-0.15, -0.1) is 0 Å². The zero-order valence-corrected chi connectivity index (χ0v) is 18.4. The molecule has 1 N–H and O–H groups in total. The molecule has 0 saturated heterocycles. The summed E-state index contributed by atoms with van der Waals surface area (Å²) in [5, 5.41) is 7.76. The molecule has 0 spiro atoms. The fourth-order valence-corrected chi connectivity index (χ4v) is 3.04. The summed E-state index contributed by atoms with van der Waals surface area (Å²) in [6.45, 7) is 8.26. The Morgan fingerprint density at radius 3 is 2.57 bits per heavy atom. The summed E-state index contributed by atoms with van der Waals surface area (Å²) in [5.74, 6) is 1.16. The number of halogens is 1. The van der Waals surface area contributed by atoms with Gasteiger partial charge in [0.15, 0.2) is 5.82 Å². The fourth-order valence-electron chi connectivity index (χ4n) is 2.85. The topological polar surface area (TPSA) is 65.4 Å². The number of aryl methyl sites for hydroxylation is 1. The number of anilines is 1. The van der Waals surface area contributed by atoms with Gasteiger partial charge in [-0.05, 0) is 51.5 Å². The van der Waals surface area contributed by atoms with E-state index < -0.39 is 11.7 Å². The molecule has 30 heavy (non-hydrogen) atoms. The second-order valence-corrected chi connectivity index (χ2v) is 8.42. The predicted octanol–water partition coefficient (Wildman–Crippen LogP) is 5.82. The molecule has 6 nitrogen and oxygen atoms in total. The molecular formula is C23H26ClN3O3. The van der Waals surface area contributed by atoms with Crippen molar-refractivity contribution in [3.8, 4) is 5.75 Å². The molecule has 0 aliphatic carbocycles. The van der Waals surface area contributed by atoms with Crippen LogP contribution in [0.1, 0.15) is 37.6 Å². The first-order valence-corrected chi connectivity index (χ1v) is 10.1. The fraction of sp³-hybridized carbons (Fsp3) is 0.304. The maximum Gasteiger partial charge on any atom is 0.413 e. The van der Waals surface area contributed by atoms with Crippen LogP contribution in [0.3, 0.4) is 0 Å². The van der Waals surface area contributed by atoms with Crippen molar-refractivity contribution in [2.45, 2.75) is 46.4 Å². The summed E-state index contributed by atoms with van der Waals surface area (Å²) in [7, 11) is 0. The van der Waals surface area contributed by atoms with Crippen LogP contribution in [0, 0.1) is 6.92 Å². The number of benzene rings is 2. The monoisotopic (exact) mass is 427 g/mol. The van der Waals surface area contributed by atoms with E-state index in [1.54, 1.807) is 16.8 Å². The molecule has 0 fully saturated rings. The summed E-state index contributed by atoms with van der Waals surface area (Å²) in [4.78, 5) is 12.0. The minimum Gasteiger partial charge on any atom is -0.489 e. The van der Waals surface area contributed by atoms with Crippen LogP contribution in [0.5, 0.6) is 5.75 Å². The number of ether oxygens (including phenoxy) is 2. The van der Waals surface area contributed by atoms with Gasteiger partial charge in [0.25, 0.3) is 0 Å². The summed E-state index contributed by atoms with van der Waals surface area (Å²) >= 11 is 6.22. The van der Waals surface area contributed by atoms with E-state index in [0.29, 0.717) is 24.0 Å². The Labute approximate surface area is 181 Å². The Bertz CT molecular complexity index is 1010. The molecule has 7 heteroatoms. The minimum absolute atomic E-state index is 0.426. The van der Waals surface area contributed by atoms with E-state index in [4.69, 9.17) is 21.1 Å². The van der Waals surface area contributed by atoms with Crippen LogP contribution in [0.4, 0.5) is 10.6 Å². The third-order valence-electron chi connectivity index (χ3n) is 4.19. The number of hydrogen-bond donors (Lipinski definition) is 1. The maximum atomic E-state index is 12.0. The van der Waals surface area contributed by atoms with Gasteiger partial charge in [-0.25, -0.2) is 4.79 Å². The molecule has 158 valence electrons. The van der Waals surface area contributed by atoms with Crippen LogP contribution in [0.15, 0.2) is 54.6 Å². The number of aromatic nitrogens is 2. The molecule has 0 unspecified atom stereocenters. The van der Waals surface area contributed by atoms with Crippen molar-refractivity contribution < 1.29 is 14.3 Å². The van der Waals surface area contributed by atoms with E-state index in [1.807, 2.05) is 70.2 Å². The summed E-state index contributed by atoms with van der Waals surface area (Å²) in [6.07, 6.45) is -0.540. The molecule has 2 aromatic carbocycles. The largest absolute Gasteiger partial charge is 0.489 e. The molecule has 1 aromatic heterocycles. The number of nitrogens with zero attached hydrogens (tertiary/aromatic N) is 2. The van der Waals surface area contributed by atoms with Gasteiger partial charge in [0.2, 0.25) is 0 Å². The van der Waals surface area contributed by atoms with Crippen LogP contribution in [0.2, 0.25) is 5.02 Å². The normalized spacial score (nSPS) is 11.2. The lowest BCUT2D eigenvalue weighted by molar-refractivity contribution is 0.0635. The highest BCUT2D eigenvalue weighted by atomic mass is 35.5. The average molecular weight is 428 g/mol. The molecular weight excluding hydrogens is 402 g/mol. The molecule has 3 rings (SSSR count). The van der Waals surface area contributed by atoms with Crippen molar-refractivity contribution in [3.63, 3.8) is 0 Å². The Morgan fingerprint density at radius 2 is 1.87 bits per heavy atom. The maximum absolute atomic E-state index is 12.0. The van der Waals surface area contributed by atoms with Gasteiger partial charge >= 0.3 is 6.09 Å². The molecule has 0 radical (unpaired) electrons. The number of carbonyl (C=O) groups excluding carboxylic acids is 1. The van der Waals surface area contributed by atoms with Gasteiger partial charge < -0.3 is 9.47 Å². The summed E-state index contributed by atoms with van der Waals surface area (Å²) in [6, 6.07) is 17.3. The van der Waals surface area contributed by atoms with E-state index in [9.17, 15) is 4.79 Å². The van der Waals surface area contributed by atoms with Crippen molar-refractivity contribution in [2.24, 2.45) is 0 Å². The SMILES string of the molecule is Cc1cc(NC(=O)OC(C)(C)C)nn1Cc1cc(Cl)ccc1OCc1ccccc1. The highest BCUT2D eigenvalue weighted by Crippen LogP contribution is 2.25. The Balaban J connectivity index is 1.73. The van der Waals surface area contributed by atoms with Gasteiger partial charge in [-0.1, -0.05) is 41.9 Å². The first-order valence-electron chi connectivity index (χ1n) is 9.69. The van der Waals surface area contributed by atoms with Crippen molar-refractivity contribution in [1.29, 1.82) is 0 Å². The summed E-state index contributed by atoms with van der Waals surface area (Å²) < 4.78 is 13.1. The van der Waals surface area contributed by atoms with Crippen LogP contribution in [-0.2, 0) is 17.9 Å². The predicted molar refractivity (Wildman–Crippen MR) is 118 cm³/mol. The minimum atomic E-state index is -0.576. The number of carbonyl (C=O) groups is 1. The lowest BCUT2D eigenvalue weighted by Crippen LogP contribution is -2.27. The molecule has 3 aromatic rings. The van der Waals surface area contributed by atoms with Crippen LogP contribution < -0.4 is 10.1 Å². The molecule has 0 bridgehead atoms. The van der Waals surface area contributed by atoms with E-state index in [-0.39, 0.29) is 0 Å². The second kappa shape index (κ2) is 9.22. The van der Waals surface area contributed by atoms with Gasteiger partial charge in [0, 0.05) is 22.3 Å². The number of amides is 1.